The second-order valence-corrected chi connectivity index (χ2v) is 7.70. The summed E-state index contributed by atoms with van der Waals surface area (Å²) in [7, 11) is -3.24. The smallest absolute Gasteiger partial charge is 0.209 e. The van der Waals surface area contributed by atoms with Crippen molar-refractivity contribution in [1.82, 2.24) is 10.0 Å². The molecule has 0 spiro atoms. The van der Waals surface area contributed by atoms with Crippen LogP contribution >= 0.6 is 15.9 Å². The molecule has 7 heteroatoms. The van der Waals surface area contributed by atoms with E-state index in [1.807, 2.05) is 0 Å². The van der Waals surface area contributed by atoms with Crippen LogP contribution in [0.4, 0.5) is 4.39 Å². The van der Waals surface area contributed by atoms with Crippen molar-refractivity contribution >= 4 is 26.0 Å². The van der Waals surface area contributed by atoms with Gasteiger partial charge in [0, 0.05) is 23.1 Å². The minimum absolute atomic E-state index is 0.297. The van der Waals surface area contributed by atoms with Crippen molar-refractivity contribution in [3.63, 3.8) is 0 Å². The lowest BCUT2D eigenvalue weighted by molar-refractivity contribution is 0.420. The Hall–Kier alpha value is -0.500. The van der Waals surface area contributed by atoms with Gasteiger partial charge >= 0.3 is 0 Å². The minimum atomic E-state index is -3.24. The van der Waals surface area contributed by atoms with Crippen LogP contribution in [-0.2, 0) is 16.6 Å². The van der Waals surface area contributed by atoms with Crippen LogP contribution in [0.5, 0.6) is 0 Å². The van der Waals surface area contributed by atoms with E-state index in [2.05, 4.69) is 26.0 Å². The molecule has 108 valence electrons. The topological polar surface area (TPSA) is 58.2 Å². The highest BCUT2D eigenvalue weighted by Gasteiger charge is 2.21. The Morgan fingerprint density at radius 1 is 1.37 bits per heavy atom. The summed E-state index contributed by atoms with van der Waals surface area (Å²) in [5.41, 5.74) is 0.330. The zero-order valence-corrected chi connectivity index (χ0v) is 13.5. The fourth-order valence-electron chi connectivity index (χ4n) is 1.71. The Kier molecular flexibility index (Phi) is 5.49. The number of benzene rings is 1. The first-order chi connectivity index (χ1) is 8.59. The quantitative estimate of drug-likeness (QED) is 0.823. The molecule has 1 rings (SSSR count). The second kappa shape index (κ2) is 6.30. The molecule has 0 saturated heterocycles. The molecule has 0 saturated carbocycles. The summed E-state index contributed by atoms with van der Waals surface area (Å²) in [6.45, 7) is 4.57. The summed E-state index contributed by atoms with van der Waals surface area (Å²) < 4.78 is 38.5. The molecule has 0 unspecified atom stereocenters. The SMILES string of the molecule is CC(C)(CNCc1ccc(F)cc1Br)NS(C)(=O)=O. The van der Waals surface area contributed by atoms with Crippen LogP contribution in [-0.4, -0.2) is 26.8 Å². The first-order valence-corrected chi connectivity index (χ1v) is 8.41. The number of nitrogens with one attached hydrogen (secondary N) is 2. The van der Waals surface area contributed by atoms with Crippen LogP contribution < -0.4 is 10.0 Å². The molecule has 0 radical (unpaired) electrons. The molecule has 0 aromatic heterocycles. The molecule has 4 nitrogen and oxygen atoms in total. The van der Waals surface area contributed by atoms with Gasteiger partial charge in [0.25, 0.3) is 0 Å². The maximum atomic E-state index is 12.9. The summed E-state index contributed by atoms with van der Waals surface area (Å²) in [6, 6.07) is 4.47. The monoisotopic (exact) mass is 352 g/mol. The van der Waals surface area contributed by atoms with Crippen molar-refractivity contribution in [3.05, 3.63) is 34.1 Å². The van der Waals surface area contributed by atoms with Gasteiger partial charge in [-0.1, -0.05) is 22.0 Å². The van der Waals surface area contributed by atoms with Gasteiger partial charge < -0.3 is 5.32 Å². The first kappa shape index (κ1) is 16.6. The lowest BCUT2D eigenvalue weighted by Gasteiger charge is -2.25. The standard InChI is InChI=1S/C12H18BrFN2O2S/c1-12(2,16-19(3,17)18)8-15-7-9-4-5-10(14)6-11(9)13/h4-6,15-16H,7-8H2,1-3H3. The summed E-state index contributed by atoms with van der Waals surface area (Å²) in [4.78, 5) is 0. The van der Waals surface area contributed by atoms with Crippen LogP contribution in [0.1, 0.15) is 19.4 Å². The Labute approximate surface area is 122 Å². The number of sulfonamides is 1. The predicted molar refractivity (Wildman–Crippen MR) is 77.9 cm³/mol. The minimum Gasteiger partial charge on any atom is -0.311 e. The van der Waals surface area contributed by atoms with E-state index in [1.165, 1.54) is 12.1 Å². The third kappa shape index (κ3) is 6.47. The largest absolute Gasteiger partial charge is 0.311 e. The highest BCUT2D eigenvalue weighted by atomic mass is 79.9. The molecule has 0 aliphatic heterocycles. The Morgan fingerprint density at radius 2 is 2.00 bits per heavy atom. The van der Waals surface area contributed by atoms with Crippen LogP contribution in [0.25, 0.3) is 0 Å². The summed E-state index contributed by atoms with van der Waals surface area (Å²) in [5.74, 6) is -0.297. The molecule has 0 atom stereocenters. The van der Waals surface area contributed by atoms with Crippen molar-refractivity contribution in [2.45, 2.75) is 25.9 Å². The van der Waals surface area contributed by atoms with Gasteiger partial charge in [0.15, 0.2) is 0 Å². The van der Waals surface area contributed by atoms with Crippen molar-refractivity contribution in [3.8, 4) is 0 Å². The summed E-state index contributed by atoms with van der Waals surface area (Å²) in [6.07, 6.45) is 1.13. The summed E-state index contributed by atoms with van der Waals surface area (Å²) >= 11 is 3.29. The van der Waals surface area contributed by atoms with Gasteiger partial charge in [0.2, 0.25) is 10.0 Å². The molecule has 0 fully saturated rings. The van der Waals surface area contributed by atoms with E-state index in [0.29, 0.717) is 17.6 Å². The van der Waals surface area contributed by atoms with E-state index in [4.69, 9.17) is 0 Å². The number of hydrogen-bond donors (Lipinski definition) is 2. The Balaban J connectivity index is 2.54. The average Bonchev–Trinajstić information content (AvgIpc) is 2.17. The van der Waals surface area contributed by atoms with Crippen molar-refractivity contribution in [2.24, 2.45) is 0 Å². The molecular formula is C12H18BrFN2O2S. The van der Waals surface area contributed by atoms with E-state index in [1.54, 1.807) is 19.9 Å². The van der Waals surface area contributed by atoms with E-state index >= 15 is 0 Å². The fraction of sp³-hybridized carbons (Fsp3) is 0.500. The first-order valence-electron chi connectivity index (χ1n) is 5.73. The number of hydrogen-bond acceptors (Lipinski definition) is 3. The normalized spacial score (nSPS) is 12.7. The van der Waals surface area contributed by atoms with Gasteiger partial charge in [-0.2, -0.15) is 0 Å². The molecule has 19 heavy (non-hydrogen) atoms. The van der Waals surface area contributed by atoms with Gasteiger partial charge in [0.1, 0.15) is 5.82 Å². The van der Waals surface area contributed by atoms with Gasteiger partial charge in [-0.25, -0.2) is 17.5 Å². The van der Waals surface area contributed by atoms with E-state index < -0.39 is 15.6 Å². The van der Waals surface area contributed by atoms with Crippen molar-refractivity contribution in [1.29, 1.82) is 0 Å². The third-order valence-corrected chi connectivity index (χ3v) is 4.02. The van der Waals surface area contributed by atoms with E-state index in [-0.39, 0.29) is 5.82 Å². The fourth-order valence-corrected chi connectivity index (χ4v) is 3.28. The molecule has 0 amide bonds. The van der Waals surface area contributed by atoms with Crippen LogP contribution in [0.3, 0.4) is 0 Å². The van der Waals surface area contributed by atoms with Crippen molar-refractivity contribution < 1.29 is 12.8 Å². The van der Waals surface area contributed by atoms with E-state index in [9.17, 15) is 12.8 Å². The Morgan fingerprint density at radius 3 is 2.53 bits per heavy atom. The maximum absolute atomic E-state index is 12.9. The van der Waals surface area contributed by atoms with Gasteiger partial charge in [-0.3, -0.25) is 0 Å². The predicted octanol–water partition coefficient (Wildman–Crippen LogP) is 2.01. The highest BCUT2D eigenvalue weighted by molar-refractivity contribution is 9.10. The molecule has 0 aliphatic rings. The lowest BCUT2D eigenvalue weighted by Crippen LogP contribution is -2.49. The van der Waals surface area contributed by atoms with Gasteiger partial charge in [0.05, 0.1) is 6.26 Å². The molecule has 0 heterocycles. The molecular weight excluding hydrogens is 335 g/mol. The molecule has 1 aromatic rings. The number of rotatable bonds is 6. The molecule has 2 N–H and O–H groups in total. The molecule has 1 aromatic carbocycles. The van der Waals surface area contributed by atoms with Crippen LogP contribution in [0.2, 0.25) is 0 Å². The average molecular weight is 353 g/mol. The van der Waals surface area contributed by atoms with Crippen molar-refractivity contribution in [2.75, 3.05) is 12.8 Å². The zero-order valence-electron chi connectivity index (χ0n) is 11.1. The molecule has 0 aliphatic carbocycles. The van der Waals surface area contributed by atoms with Crippen LogP contribution in [0.15, 0.2) is 22.7 Å². The van der Waals surface area contributed by atoms with E-state index in [0.717, 1.165) is 11.8 Å². The van der Waals surface area contributed by atoms with Gasteiger partial charge in [-0.05, 0) is 31.5 Å². The maximum Gasteiger partial charge on any atom is 0.209 e. The lowest BCUT2D eigenvalue weighted by atomic mass is 10.1. The zero-order chi connectivity index (χ0) is 14.7. The molecule has 0 bridgehead atoms. The second-order valence-electron chi connectivity index (χ2n) is 5.10. The van der Waals surface area contributed by atoms with Gasteiger partial charge in [-0.15, -0.1) is 0 Å². The highest BCUT2D eigenvalue weighted by Crippen LogP contribution is 2.17. The van der Waals surface area contributed by atoms with Crippen LogP contribution in [0, 0.1) is 5.82 Å². The number of halogens is 2. The summed E-state index contributed by atoms with van der Waals surface area (Å²) in [5, 5.41) is 3.15. The third-order valence-electron chi connectivity index (χ3n) is 2.36. The Bertz CT molecular complexity index is 547.